The molecule has 4 rings (SSSR count). The molecule has 35 heavy (non-hydrogen) atoms. The normalized spacial score (nSPS) is 13.9. The fourth-order valence-electron chi connectivity index (χ4n) is 3.57. The van der Waals surface area contributed by atoms with Crippen molar-refractivity contribution in [3.05, 3.63) is 95.1 Å². The predicted molar refractivity (Wildman–Crippen MR) is 132 cm³/mol. The van der Waals surface area contributed by atoms with Crippen molar-refractivity contribution in [1.82, 2.24) is 5.32 Å². The van der Waals surface area contributed by atoms with Crippen LogP contribution in [-0.4, -0.2) is 34.1 Å². The summed E-state index contributed by atoms with van der Waals surface area (Å²) in [6.07, 6.45) is 1.45. The van der Waals surface area contributed by atoms with Crippen LogP contribution < -0.4 is 19.1 Å². The lowest BCUT2D eigenvalue weighted by atomic mass is 10.1. The highest BCUT2D eigenvalue weighted by Gasteiger charge is 2.24. The minimum absolute atomic E-state index is 0.172. The zero-order chi connectivity index (χ0) is 24.8. The van der Waals surface area contributed by atoms with Gasteiger partial charge < -0.3 is 14.8 Å². The third-order valence-electron chi connectivity index (χ3n) is 5.38. The maximum atomic E-state index is 13.5. The number of carbonyl (C=O) groups is 1. The Morgan fingerprint density at radius 3 is 2.43 bits per heavy atom. The largest absolute Gasteiger partial charge is 0.486 e. The highest BCUT2D eigenvalue weighted by atomic mass is 32.2. The van der Waals surface area contributed by atoms with E-state index in [0.717, 1.165) is 27.4 Å². The van der Waals surface area contributed by atoms with Crippen molar-refractivity contribution in [2.45, 2.75) is 13.0 Å². The fourth-order valence-corrected chi connectivity index (χ4v) is 4.76. The van der Waals surface area contributed by atoms with Crippen LogP contribution in [0.15, 0.2) is 78.2 Å². The molecule has 1 unspecified atom stereocenters. The van der Waals surface area contributed by atoms with Gasteiger partial charge in [0.05, 0.1) is 17.1 Å². The third kappa shape index (κ3) is 6.19. The highest BCUT2D eigenvalue weighted by molar-refractivity contribution is 7.95. The lowest BCUT2D eigenvalue weighted by Crippen LogP contribution is -2.40. The first-order valence-electron chi connectivity index (χ1n) is 11.0. The summed E-state index contributed by atoms with van der Waals surface area (Å²) in [7, 11) is -4.06. The second kappa shape index (κ2) is 10.6. The van der Waals surface area contributed by atoms with E-state index < -0.39 is 34.3 Å². The Bertz CT molecular complexity index is 1310. The van der Waals surface area contributed by atoms with Crippen LogP contribution in [0.25, 0.3) is 6.08 Å². The van der Waals surface area contributed by atoms with Gasteiger partial charge in [-0.15, -0.1) is 0 Å². The van der Waals surface area contributed by atoms with Crippen molar-refractivity contribution in [2.24, 2.45) is 0 Å². The molecule has 7 nitrogen and oxygen atoms in total. The molecule has 3 aromatic rings. The molecule has 1 amide bonds. The Kier molecular flexibility index (Phi) is 7.36. The SMILES string of the molecule is CC(NC(=O)CN(c1ccc(F)cc1)S(=O)(=O)C=Cc1ccccc1)c1ccc2c(c1)OCCO2. The van der Waals surface area contributed by atoms with Crippen molar-refractivity contribution in [3.63, 3.8) is 0 Å². The van der Waals surface area contributed by atoms with Gasteiger partial charge in [-0.25, -0.2) is 12.8 Å². The number of hydrogen-bond acceptors (Lipinski definition) is 5. The van der Waals surface area contributed by atoms with Gasteiger partial charge in [0.15, 0.2) is 11.5 Å². The Labute approximate surface area is 203 Å². The zero-order valence-corrected chi connectivity index (χ0v) is 19.9. The molecular weight excluding hydrogens is 471 g/mol. The predicted octanol–water partition coefficient (Wildman–Crippen LogP) is 4.28. The minimum Gasteiger partial charge on any atom is -0.486 e. The number of hydrogen-bond donors (Lipinski definition) is 1. The van der Waals surface area contributed by atoms with Crippen molar-refractivity contribution >= 4 is 27.7 Å². The van der Waals surface area contributed by atoms with Gasteiger partial charge >= 0.3 is 0 Å². The topological polar surface area (TPSA) is 84.9 Å². The Balaban J connectivity index is 1.53. The van der Waals surface area contributed by atoms with Gasteiger partial charge in [0.25, 0.3) is 10.0 Å². The molecule has 0 saturated carbocycles. The number of anilines is 1. The van der Waals surface area contributed by atoms with Crippen LogP contribution in [0, 0.1) is 5.82 Å². The van der Waals surface area contributed by atoms with E-state index in [0.29, 0.717) is 30.3 Å². The molecule has 3 aromatic carbocycles. The molecule has 0 radical (unpaired) electrons. The summed E-state index contributed by atoms with van der Waals surface area (Å²) in [6.45, 7) is 2.22. The van der Waals surface area contributed by atoms with Gasteiger partial charge in [0.2, 0.25) is 5.91 Å². The molecule has 0 bridgehead atoms. The van der Waals surface area contributed by atoms with Gasteiger partial charge in [-0.3, -0.25) is 9.10 Å². The summed E-state index contributed by atoms with van der Waals surface area (Å²) in [5, 5.41) is 3.85. The van der Waals surface area contributed by atoms with Crippen LogP contribution in [0.4, 0.5) is 10.1 Å². The maximum Gasteiger partial charge on any atom is 0.257 e. The number of ether oxygens (including phenoxy) is 2. The van der Waals surface area contributed by atoms with Gasteiger partial charge in [0, 0.05) is 0 Å². The first kappa shape index (κ1) is 24.3. The molecule has 0 aromatic heterocycles. The average molecular weight is 497 g/mol. The van der Waals surface area contributed by atoms with E-state index in [1.807, 2.05) is 12.1 Å². The monoisotopic (exact) mass is 496 g/mol. The van der Waals surface area contributed by atoms with Crippen LogP contribution in [-0.2, 0) is 14.8 Å². The molecule has 0 aliphatic carbocycles. The summed E-state index contributed by atoms with van der Waals surface area (Å²) in [4.78, 5) is 12.9. The summed E-state index contributed by atoms with van der Waals surface area (Å²) in [5.41, 5.74) is 1.64. The lowest BCUT2D eigenvalue weighted by Gasteiger charge is -2.24. The standard InChI is InChI=1S/C26H25FN2O5S/c1-19(21-7-12-24-25(17-21)34-15-14-33-24)28-26(30)18-29(23-10-8-22(27)9-11-23)35(31,32)16-13-20-5-3-2-4-6-20/h2-13,16-17,19H,14-15,18H2,1H3,(H,28,30). The quantitative estimate of drug-likeness (QED) is 0.503. The van der Waals surface area contributed by atoms with Gasteiger partial charge in [-0.2, -0.15) is 0 Å². The van der Waals surface area contributed by atoms with Crippen LogP contribution in [0.3, 0.4) is 0 Å². The van der Waals surface area contributed by atoms with E-state index in [9.17, 15) is 17.6 Å². The average Bonchev–Trinajstić information content (AvgIpc) is 2.87. The number of sulfonamides is 1. The van der Waals surface area contributed by atoms with E-state index in [-0.39, 0.29) is 5.69 Å². The number of rotatable bonds is 8. The van der Waals surface area contributed by atoms with Crippen LogP contribution in [0.1, 0.15) is 24.1 Å². The molecular formula is C26H25FN2O5S. The number of benzene rings is 3. The minimum atomic E-state index is -4.06. The van der Waals surface area contributed by atoms with E-state index in [1.54, 1.807) is 43.3 Å². The molecule has 0 saturated heterocycles. The molecule has 1 aliphatic rings. The van der Waals surface area contributed by atoms with E-state index in [4.69, 9.17) is 9.47 Å². The Morgan fingerprint density at radius 2 is 1.71 bits per heavy atom. The van der Waals surface area contributed by atoms with Gasteiger partial charge in [-0.1, -0.05) is 36.4 Å². The van der Waals surface area contributed by atoms with Crippen LogP contribution >= 0.6 is 0 Å². The molecule has 0 fully saturated rings. The molecule has 1 N–H and O–H groups in total. The summed E-state index contributed by atoms with van der Waals surface area (Å²) < 4.78 is 51.9. The Morgan fingerprint density at radius 1 is 1.03 bits per heavy atom. The van der Waals surface area contributed by atoms with Crippen molar-refractivity contribution in [1.29, 1.82) is 0 Å². The molecule has 1 aliphatic heterocycles. The number of nitrogens with one attached hydrogen (secondary N) is 1. The smallest absolute Gasteiger partial charge is 0.257 e. The number of carbonyl (C=O) groups excluding carboxylic acids is 1. The number of nitrogens with zero attached hydrogens (tertiary/aromatic N) is 1. The number of amides is 1. The molecule has 0 spiro atoms. The first-order valence-corrected chi connectivity index (χ1v) is 12.5. The van der Waals surface area contributed by atoms with Gasteiger partial charge in [-0.05, 0) is 60.5 Å². The molecule has 1 atom stereocenters. The number of halogens is 1. The lowest BCUT2D eigenvalue weighted by molar-refractivity contribution is -0.120. The first-order chi connectivity index (χ1) is 16.8. The van der Waals surface area contributed by atoms with E-state index >= 15 is 0 Å². The van der Waals surface area contributed by atoms with Crippen molar-refractivity contribution < 1.29 is 27.1 Å². The van der Waals surface area contributed by atoms with Crippen LogP contribution in [0.2, 0.25) is 0 Å². The third-order valence-corrected chi connectivity index (χ3v) is 6.82. The molecule has 1 heterocycles. The maximum absolute atomic E-state index is 13.5. The zero-order valence-electron chi connectivity index (χ0n) is 19.1. The van der Waals surface area contributed by atoms with Crippen molar-refractivity contribution in [3.8, 4) is 11.5 Å². The van der Waals surface area contributed by atoms with Crippen LogP contribution in [0.5, 0.6) is 11.5 Å². The second-order valence-electron chi connectivity index (χ2n) is 7.93. The fraction of sp³-hybridized carbons (Fsp3) is 0.192. The summed E-state index contributed by atoms with van der Waals surface area (Å²) in [5.74, 6) is 0.199. The highest BCUT2D eigenvalue weighted by Crippen LogP contribution is 2.32. The number of fused-ring (bicyclic) bond motifs is 1. The molecule has 182 valence electrons. The van der Waals surface area contributed by atoms with E-state index in [1.165, 1.54) is 18.2 Å². The van der Waals surface area contributed by atoms with E-state index in [2.05, 4.69) is 5.32 Å². The summed E-state index contributed by atoms with van der Waals surface area (Å²) in [6, 6.07) is 18.8. The van der Waals surface area contributed by atoms with Crippen molar-refractivity contribution in [2.75, 3.05) is 24.1 Å². The van der Waals surface area contributed by atoms with Gasteiger partial charge in [0.1, 0.15) is 25.6 Å². The Hall–Kier alpha value is -3.85. The second-order valence-corrected chi connectivity index (χ2v) is 9.68. The summed E-state index contributed by atoms with van der Waals surface area (Å²) >= 11 is 0. The molecule has 9 heteroatoms.